The molecule has 0 saturated carbocycles. The molecule has 0 radical (unpaired) electrons. The minimum absolute atomic E-state index is 0.466. The average Bonchev–Trinajstić information content (AvgIpc) is 2.37. The fourth-order valence-corrected chi connectivity index (χ4v) is 1.94. The predicted molar refractivity (Wildman–Crippen MR) is 75.0 cm³/mol. The lowest BCUT2D eigenvalue weighted by Crippen LogP contribution is -2.02. The quantitative estimate of drug-likeness (QED) is 0.912. The molecule has 2 rings (SSSR count). The van der Waals surface area contributed by atoms with Crippen LogP contribution in [0.1, 0.15) is 17.1 Å². The van der Waals surface area contributed by atoms with Gasteiger partial charge in [-0.25, -0.2) is 9.97 Å². The fourth-order valence-electron chi connectivity index (χ4n) is 1.94. The maximum absolute atomic E-state index is 5.14. The Morgan fingerprint density at radius 3 is 2.32 bits per heavy atom. The van der Waals surface area contributed by atoms with Crippen molar-refractivity contribution < 1.29 is 4.74 Å². The van der Waals surface area contributed by atoms with E-state index >= 15 is 0 Å². The molecule has 2 aromatic rings. The normalized spacial score (nSPS) is 10.5. The van der Waals surface area contributed by atoms with Gasteiger partial charge in [-0.1, -0.05) is 0 Å². The molecular formula is C14H18N4O. The molecule has 0 unspecified atom stereocenters. The van der Waals surface area contributed by atoms with Crippen molar-refractivity contribution in [1.82, 2.24) is 15.0 Å². The Balaban J connectivity index is 2.50. The van der Waals surface area contributed by atoms with Crippen molar-refractivity contribution in [1.29, 1.82) is 0 Å². The molecule has 0 aliphatic rings. The number of pyridine rings is 1. The third kappa shape index (κ3) is 3.26. The number of ether oxygens (including phenoxy) is 1. The van der Waals surface area contributed by atoms with Crippen molar-refractivity contribution >= 4 is 5.82 Å². The molecule has 0 spiro atoms. The van der Waals surface area contributed by atoms with E-state index in [0.717, 1.165) is 28.5 Å². The maximum atomic E-state index is 5.14. The standard InChI is InChI=1S/C14H18N4O/c1-9-5-11(6-10(2)16-9)14-17-12(8-19-4)7-13(15-3)18-14/h5-7H,8H2,1-4H3,(H,15,17,18). The summed E-state index contributed by atoms with van der Waals surface area (Å²) in [5.74, 6) is 1.47. The highest BCUT2D eigenvalue weighted by molar-refractivity contribution is 5.58. The maximum Gasteiger partial charge on any atom is 0.161 e. The van der Waals surface area contributed by atoms with Crippen LogP contribution in [0.15, 0.2) is 18.2 Å². The minimum Gasteiger partial charge on any atom is -0.378 e. The highest BCUT2D eigenvalue weighted by Gasteiger charge is 2.08. The highest BCUT2D eigenvalue weighted by atomic mass is 16.5. The predicted octanol–water partition coefficient (Wildman–Crippen LogP) is 2.34. The summed E-state index contributed by atoms with van der Waals surface area (Å²) in [6.45, 7) is 4.40. The van der Waals surface area contributed by atoms with Gasteiger partial charge in [0.1, 0.15) is 5.82 Å². The Labute approximate surface area is 113 Å². The molecule has 0 saturated heterocycles. The van der Waals surface area contributed by atoms with Crippen molar-refractivity contribution in [2.24, 2.45) is 0 Å². The summed E-state index contributed by atoms with van der Waals surface area (Å²) in [6, 6.07) is 5.85. The molecule has 0 atom stereocenters. The zero-order valence-corrected chi connectivity index (χ0v) is 11.7. The molecular weight excluding hydrogens is 240 g/mol. The molecule has 2 heterocycles. The minimum atomic E-state index is 0.466. The lowest BCUT2D eigenvalue weighted by Gasteiger charge is -2.08. The van der Waals surface area contributed by atoms with Crippen LogP contribution >= 0.6 is 0 Å². The van der Waals surface area contributed by atoms with Crippen molar-refractivity contribution in [3.05, 3.63) is 35.3 Å². The number of hydrogen-bond acceptors (Lipinski definition) is 5. The lowest BCUT2D eigenvalue weighted by atomic mass is 10.2. The molecule has 0 aromatic carbocycles. The number of aromatic nitrogens is 3. The summed E-state index contributed by atoms with van der Waals surface area (Å²) in [7, 11) is 3.49. The van der Waals surface area contributed by atoms with Crippen molar-refractivity contribution in [3.8, 4) is 11.4 Å². The second kappa shape index (κ2) is 5.75. The summed E-state index contributed by atoms with van der Waals surface area (Å²) in [6.07, 6.45) is 0. The van der Waals surface area contributed by atoms with Gasteiger partial charge in [0.2, 0.25) is 0 Å². The molecule has 19 heavy (non-hydrogen) atoms. The van der Waals surface area contributed by atoms with Gasteiger partial charge in [-0.3, -0.25) is 4.98 Å². The number of aryl methyl sites for hydroxylation is 2. The van der Waals surface area contributed by atoms with Crippen LogP contribution in [-0.2, 0) is 11.3 Å². The number of nitrogens with one attached hydrogen (secondary N) is 1. The SMILES string of the molecule is CNc1cc(COC)nc(-c2cc(C)nc(C)c2)n1. The molecule has 5 nitrogen and oxygen atoms in total. The van der Waals surface area contributed by atoms with Gasteiger partial charge in [0.25, 0.3) is 0 Å². The van der Waals surface area contributed by atoms with E-state index in [1.54, 1.807) is 7.11 Å². The lowest BCUT2D eigenvalue weighted by molar-refractivity contribution is 0.181. The monoisotopic (exact) mass is 258 g/mol. The fraction of sp³-hybridized carbons (Fsp3) is 0.357. The van der Waals surface area contributed by atoms with Gasteiger partial charge in [-0.2, -0.15) is 0 Å². The van der Waals surface area contributed by atoms with Crippen LogP contribution in [0.2, 0.25) is 0 Å². The summed E-state index contributed by atoms with van der Waals surface area (Å²) in [5, 5.41) is 3.04. The van der Waals surface area contributed by atoms with Crippen LogP contribution in [-0.4, -0.2) is 29.1 Å². The molecule has 0 fully saturated rings. The third-order valence-corrected chi connectivity index (χ3v) is 2.67. The first-order chi connectivity index (χ1) is 9.12. The van der Waals surface area contributed by atoms with Crippen LogP contribution in [0.25, 0.3) is 11.4 Å². The Kier molecular flexibility index (Phi) is 4.06. The van der Waals surface area contributed by atoms with Gasteiger partial charge in [0.15, 0.2) is 5.82 Å². The summed E-state index contributed by atoms with van der Waals surface area (Å²) >= 11 is 0. The van der Waals surface area contributed by atoms with E-state index in [1.165, 1.54) is 0 Å². The first-order valence-electron chi connectivity index (χ1n) is 6.12. The van der Waals surface area contributed by atoms with E-state index in [1.807, 2.05) is 39.1 Å². The summed E-state index contributed by atoms with van der Waals surface area (Å²) in [5.41, 5.74) is 3.74. The van der Waals surface area contributed by atoms with E-state index in [-0.39, 0.29) is 0 Å². The van der Waals surface area contributed by atoms with Crippen LogP contribution < -0.4 is 5.32 Å². The van der Waals surface area contributed by atoms with Crippen molar-refractivity contribution in [2.45, 2.75) is 20.5 Å². The van der Waals surface area contributed by atoms with Gasteiger partial charge in [0, 0.05) is 37.2 Å². The number of methoxy groups -OCH3 is 1. The zero-order valence-electron chi connectivity index (χ0n) is 11.7. The smallest absolute Gasteiger partial charge is 0.161 e. The van der Waals surface area contributed by atoms with E-state index in [2.05, 4.69) is 20.3 Å². The number of rotatable bonds is 4. The highest BCUT2D eigenvalue weighted by Crippen LogP contribution is 2.19. The molecule has 0 aliphatic carbocycles. The van der Waals surface area contributed by atoms with Crippen LogP contribution in [0, 0.1) is 13.8 Å². The van der Waals surface area contributed by atoms with E-state index < -0.39 is 0 Å². The van der Waals surface area contributed by atoms with Crippen LogP contribution in [0.4, 0.5) is 5.82 Å². The second-order valence-corrected chi connectivity index (χ2v) is 4.39. The van der Waals surface area contributed by atoms with E-state index in [4.69, 9.17) is 4.74 Å². The molecule has 0 amide bonds. The molecule has 100 valence electrons. The third-order valence-electron chi connectivity index (χ3n) is 2.67. The van der Waals surface area contributed by atoms with Crippen molar-refractivity contribution in [2.75, 3.05) is 19.5 Å². The Morgan fingerprint density at radius 1 is 1.05 bits per heavy atom. The summed E-state index contributed by atoms with van der Waals surface area (Å²) < 4.78 is 5.14. The molecule has 0 bridgehead atoms. The molecule has 1 N–H and O–H groups in total. The topological polar surface area (TPSA) is 59.9 Å². The van der Waals surface area contributed by atoms with Gasteiger partial charge in [0.05, 0.1) is 12.3 Å². The van der Waals surface area contributed by atoms with Crippen LogP contribution in [0.5, 0.6) is 0 Å². The van der Waals surface area contributed by atoms with Gasteiger partial charge < -0.3 is 10.1 Å². The number of anilines is 1. The van der Waals surface area contributed by atoms with E-state index in [9.17, 15) is 0 Å². The van der Waals surface area contributed by atoms with Crippen LogP contribution in [0.3, 0.4) is 0 Å². The number of hydrogen-bond donors (Lipinski definition) is 1. The molecule has 2 aromatic heterocycles. The Morgan fingerprint density at radius 2 is 1.74 bits per heavy atom. The van der Waals surface area contributed by atoms with Gasteiger partial charge >= 0.3 is 0 Å². The summed E-state index contributed by atoms with van der Waals surface area (Å²) in [4.78, 5) is 13.4. The Hall–Kier alpha value is -2.01. The largest absolute Gasteiger partial charge is 0.378 e. The number of nitrogens with zero attached hydrogens (tertiary/aromatic N) is 3. The zero-order chi connectivity index (χ0) is 13.8. The second-order valence-electron chi connectivity index (χ2n) is 4.39. The van der Waals surface area contributed by atoms with Crippen molar-refractivity contribution in [3.63, 3.8) is 0 Å². The van der Waals surface area contributed by atoms with Gasteiger partial charge in [-0.05, 0) is 26.0 Å². The first-order valence-corrected chi connectivity index (χ1v) is 6.12. The Bertz CT molecular complexity index is 563. The molecule has 5 heteroatoms. The van der Waals surface area contributed by atoms with Gasteiger partial charge in [-0.15, -0.1) is 0 Å². The first kappa shape index (κ1) is 13.4. The van der Waals surface area contributed by atoms with E-state index in [0.29, 0.717) is 12.4 Å². The molecule has 0 aliphatic heterocycles. The average molecular weight is 258 g/mol.